The quantitative estimate of drug-likeness (QED) is 0.330. The Labute approximate surface area is 195 Å². The van der Waals surface area contributed by atoms with Crippen molar-refractivity contribution in [2.45, 2.75) is 19.8 Å². The summed E-state index contributed by atoms with van der Waals surface area (Å²) in [6.45, 7) is 3.07. The smallest absolute Gasteiger partial charge is 0.251 e. The first-order valence-electron chi connectivity index (χ1n) is 10.7. The summed E-state index contributed by atoms with van der Waals surface area (Å²) in [4.78, 5) is 21.3. The van der Waals surface area contributed by atoms with Crippen molar-refractivity contribution in [3.63, 3.8) is 0 Å². The van der Waals surface area contributed by atoms with E-state index in [1.54, 1.807) is 41.2 Å². The first-order chi connectivity index (χ1) is 16.0. The summed E-state index contributed by atoms with van der Waals surface area (Å²) in [7, 11) is 0. The van der Waals surface area contributed by atoms with E-state index in [-0.39, 0.29) is 5.91 Å². The van der Waals surface area contributed by atoms with Gasteiger partial charge >= 0.3 is 0 Å². The van der Waals surface area contributed by atoms with Gasteiger partial charge in [0.15, 0.2) is 11.5 Å². The van der Waals surface area contributed by atoms with Crippen LogP contribution in [0.3, 0.4) is 0 Å². The van der Waals surface area contributed by atoms with Crippen LogP contribution in [0.4, 0.5) is 15.9 Å². The van der Waals surface area contributed by atoms with Crippen LogP contribution in [0.15, 0.2) is 55.0 Å². The van der Waals surface area contributed by atoms with Crippen LogP contribution >= 0.6 is 11.6 Å². The van der Waals surface area contributed by atoms with Gasteiger partial charge in [-0.1, -0.05) is 18.5 Å². The Morgan fingerprint density at radius 3 is 2.82 bits per heavy atom. The van der Waals surface area contributed by atoms with Gasteiger partial charge in [0.05, 0.1) is 11.9 Å². The third-order valence-electron chi connectivity index (χ3n) is 5.30. The van der Waals surface area contributed by atoms with Crippen LogP contribution in [0.2, 0.25) is 5.02 Å². The Bertz CT molecular complexity index is 1310. The average Bonchev–Trinajstić information content (AvgIpc) is 3.24. The molecule has 2 aromatic carbocycles. The predicted molar refractivity (Wildman–Crippen MR) is 128 cm³/mol. The second-order valence-corrected chi connectivity index (χ2v) is 7.92. The number of aromatic nitrogens is 3. The molecule has 9 heteroatoms. The molecular weight excluding hydrogens is 443 g/mol. The number of hydrogen-bond donors (Lipinski definition) is 3. The molecule has 2 aromatic heterocycles. The highest BCUT2D eigenvalue weighted by atomic mass is 35.5. The number of amides is 1. The number of hydrogen-bond acceptors (Lipinski definition) is 5. The number of rotatable bonds is 8. The number of aryl methyl sites for hydroxylation is 1. The zero-order valence-corrected chi connectivity index (χ0v) is 18.9. The van der Waals surface area contributed by atoms with E-state index in [1.165, 1.54) is 6.07 Å². The van der Waals surface area contributed by atoms with Crippen molar-refractivity contribution in [1.29, 1.82) is 0 Å². The van der Waals surface area contributed by atoms with E-state index in [0.717, 1.165) is 17.7 Å². The molecule has 0 saturated carbocycles. The number of benzene rings is 2. The fourth-order valence-electron chi connectivity index (χ4n) is 3.63. The SMILES string of the molecule is CCc1cc(Nc2nccn3c(-c4ccc(Cl)cc4F)cnc23)ccc1C(=O)NCCCN. The summed E-state index contributed by atoms with van der Waals surface area (Å²) in [6, 6.07) is 10.1. The third-order valence-corrected chi connectivity index (χ3v) is 5.53. The van der Waals surface area contributed by atoms with Crippen LogP contribution in [0.5, 0.6) is 0 Å². The van der Waals surface area contributed by atoms with Crippen molar-refractivity contribution >= 4 is 34.7 Å². The summed E-state index contributed by atoms with van der Waals surface area (Å²) in [5, 5.41) is 6.49. The third kappa shape index (κ3) is 4.81. The number of carbonyl (C=O) groups excluding carboxylic acids is 1. The molecule has 0 saturated heterocycles. The monoisotopic (exact) mass is 466 g/mol. The van der Waals surface area contributed by atoms with Crippen LogP contribution in [0.25, 0.3) is 16.9 Å². The van der Waals surface area contributed by atoms with Gasteiger partial charge in [-0.2, -0.15) is 0 Å². The fraction of sp³-hybridized carbons (Fsp3) is 0.208. The molecule has 2 heterocycles. The van der Waals surface area contributed by atoms with Gasteiger partial charge in [0.25, 0.3) is 5.91 Å². The summed E-state index contributed by atoms with van der Waals surface area (Å²) in [5.74, 6) is -0.0289. The van der Waals surface area contributed by atoms with Crippen LogP contribution < -0.4 is 16.4 Å². The maximum absolute atomic E-state index is 14.5. The minimum absolute atomic E-state index is 0.116. The fourth-order valence-corrected chi connectivity index (χ4v) is 3.78. The molecule has 0 bridgehead atoms. The highest BCUT2D eigenvalue weighted by Gasteiger charge is 2.15. The summed E-state index contributed by atoms with van der Waals surface area (Å²) in [6.07, 6.45) is 6.36. The Morgan fingerprint density at radius 2 is 2.06 bits per heavy atom. The van der Waals surface area contributed by atoms with E-state index in [1.807, 2.05) is 19.1 Å². The van der Waals surface area contributed by atoms with Gasteiger partial charge in [0, 0.05) is 40.8 Å². The number of carbonyl (C=O) groups is 1. The van der Waals surface area contributed by atoms with Crippen molar-refractivity contribution in [2.75, 3.05) is 18.4 Å². The molecule has 4 N–H and O–H groups in total. The van der Waals surface area contributed by atoms with E-state index >= 15 is 0 Å². The van der Waals surface area contributed by atoms with Gasteiger partial charge in [-0.3, -0.25) is 9.20 Å². The number of imidazole rings is 1. The molecule has 0 fully saturated rings. The summed E-state index contributed by atoms with van der Waals surface area (Å²) < 4.78 is 16.2. The highest BCUT2D eigenvalue weighted by Crippen LogP contribution is 2.29. The van der Waals surface area contributed by atoms with Crippen LogP contribution in [-0.2, 0) is 6.42 Å². The molecule has 0 atom stereocenters. The van der Waals surface area contributed by atoms with Crippen LogP contribution in [-0.4, -0.2) is 33.4 Å². The first-order valence-corrected chi connectivity index (χ1v) is 11.0. The van der Waals surface area contributed by atoms with E-state index in [2.05, 4.69) is 20.6 Å². The molecule has 4 rings (SSSR count). The van der Waals surface area contributed by atoms with E-state index < -0.39 is 5.82 Å². The zero-order valence-electron chi connectivity index (χ0n) is 18.1. The van der Waals surface area contributed by atoms with Gasteiger partial charge < -0.3 is 16.4 Å². The molecule has 0 radical (unpaired) electrons. The van der Waals surface area contributed by atoms with Crippen LogP contribution in [0, 0.1) is 5.82 Å². The van der Waals surface area contributed by atoms with Crippen molar-refractivity contribution in [3.8, 4) is 11.3 Å². The van der Waals surface area contributed by atoms with Gasteiger partial charge in [0.2, 0.25) is 0 Å². The largest absolute Gasteiger partial charge is 0.352 e. The lowest BCUT2D eigenvalue weighted by molar-refractivity contribution is 0.0952. The lowest BCUT2D eigenvalue weighted by Crippen LogP contribution is -2.26. The Morgan fingerprint density at radius 1 is 1.21 bits per heavy atom. The average molecular weight is 467 g/mol. The Hall–Kier alpha value is -3.49. The normalized spacial score (nSPS) is 11.0. The molecule has 7 nitrogen and oxygen atoms in total. The Balaban J connectivity index is 1.63. The standard InChI is InChI=1S/C24H24ClFN6O/c1-2-15-12-17(5-7-18(15)24(33)29-9-3-8-27)31-22-23-30-14-21(32(23)11-10-28-22)19-6-4-16(25)13-20(19)26/h4-7,10-14H,2-3,8-9,27H2,1H3,(H,28,31)(H,29,33). The second kappa shape index (κ2) is 9.97. The van der Waals surface area contributed by atoms with Gasteiger partial charge in [-0.05, 0) is 61.3 Å². The number of nitrogens with one attached hydrogen (secondary N) is 2. The van der Waals surface area contributed by atoms with Crippen molar-refractivity contribution in [2.24, 2.45) is 5.73 Å². The summed E-state index contributed by atoms with van der Waals surface area (Å²) in [5.41, 5.74) is 9.33. The Kier molecular flexibility index (Phi) is 6.86. The molecule has 0 aliphatic rings. The lowest BCUT2D eigenvalue weighted by atomic mass is 10.0. The molecule has 0 unspecified atom stereocenters. The van der Waals surface area contributed by atoms with E-state index in [0.29, 0.717) is 52.8 Å². The molecule has 0 aliphatic carbocycles. The zero-order chi connectivity index (χ0) is 23.4. The minimum Gasteiger partial charge on any atom is -0.352 e. The van der Waals surface area contributed by atoms with Crippen molar-refractivity contribution in [3.05, 3.63) is 77.0 Å². The highest BCUT2D eigenvalue weighted by molar-refractivity contribution is 6.30. The molecule has 33 heavy (non-hydrogen) atoms. The molecular formula is C24H24ClFN6O. The van der Waals surface area contributed by atoms with Crippen molar-refractivity contribution in [1.82, 2.24) is 19.7 Å². The van der Waals surface area contributed by atoms with Gasteiger partial charge in [0.1, 0.15) is 5.82 Å². The maximum atomic E-state index is 14.5. The number of nitrogens with zero attached hydrogens (tertiary/aromatic N) is 3. The van der Waals surface area contributed by atoms with E-state index in [4.69, 9.17) is 17.3 Å². The lowest BCUT2D eigenvalue weighted by Gasteiger charge is -2.13. The number of nitrogens with two attached hydrogens (primary N) is 1. The minimum atomic E-state index is -0.427. The molecule has 0 aliphatic heterocycles. The van der Waals surface area contributed by atoms with Crippen LogP contribution in [0.1, 0.15) is 29.3 Å². The van der Waals surface area contributed by atoms with Crippen molar-refractivity contribution < 1.29 is 9.18 Å². The number of anilines is 2. The first kappa shape index (κ1) is 22.7. The summed E-state index contributed by atoms with van der Waals surface area (Å²) >= 11 is 5.89. The topological polar surface area (TPSA) is 97.3 Å². The molecule has 1 amide bonds. The number of fused-ring (bicyclic) bond motifs is 1. The van der Waals surface area contributed by atoms with E-state index in [9.17, 15) is 9.18 Å². The molecule has 170 valence electrons. The maximum Gasteiger partial charge on any atom is 0.251 e. The molecule has 4 aromatic rings. The second-order valence-electron chi connectivity index (χ2n) is 7.49. The molecule has 0 spiro atoms. The number of halogens is 2. The van der Waals surface area contributed by atoms with Gasteiger partial charge in [-0.15, -0.1) is 0 Å². The predicted octanol–water partition coefficient (Wildman–Crippen LogP) is 4.57. The van der Waals surface area contributed by atoms with Gasteiger partial charge in [-0.25, -0.2) is 14.4 Å².